The SMILES string of the molecule is Cc1ccc(-c2nc(Cn3cnc4ccccc4c3=O)no2)cc1. The Morgan fingerprint density at radius 3 is 2.71 bits per heavy atom. The van der Waals surface area contributed by atoms with Crippen molar-refractivity contribution in [1.29, 1.82) is 0 Å². The standard InChI is InChI=1S/C18H14N4O2/c1-12-6-8-13(9-7-12)17-20-16(21-24-17)10-22-11-19-15-5-3-2-4-14(15)18(22)23/h2-9,11H,10H2,1H3. The highest BCUT2D eigenvalue weighted by Gasteiger charge is 2.11. The van der Waals surface area contributed by atoms with Crippen LogP contribution in [0.15, 0.2) is 64.2 Å². The summed E-state index contributed by atoms with van der Waals surface area (Å²) in [6.07, 6.45) is 1.51. The van der Waals surface area contributed by atoms with E-state index in [1.54, 1.807) is 6.07 Å². The second kappa shape index (κ2) is 5.73. The first-order chi connectivity index (χ1) is 11.7. The molecule has 2 aromatic heterocycles. The van der Waals surface area contributed by atoms with E-state index in [0.717, 1.165) is 11.1 Å². The molecule has 0 aliphatic heterocycles. The minimum Gasteiger partial charge on any atom is -0.334 e. The first kappa shape index (κ1) is 14.3. The Bertz CT molecular complexity index is 1060. The topological polar surface area (TPSA) is 73.8 Å². The van der Waals surface area contributed by atoms with Gasteiger partial charge in [0.25, 0.3) is 11.4 Å². The second-order valence-electron chi connectivity index (χ2n) is 5.58. The zero-order valence-electron chi connectivity index (χ0n) is 13.0. The van der Waals surface area contributed by atoms with Crippen LogP contribution in [0, 0.1) is 6.92 Å². The molecule has 0 aliphatic rings. The van der Waals surface area contributed by atoms with Crippen molar-refractivity contribution in [2.24, 2.45) is 0 Å². The molecule has 0 amide bonds. The van der Waals surface area contributed by atoms with E-state index in [9.17, 15) is 4.79 Å². The van der Waals surface area contributed by atoms with Crippen LogP contribution in [0.25, 0.3) is 22.4 Å². The number of hydrogen-bond donors (Lipinski definition) is 0. The summed E-state index contributed by atoms with van der Waals surface area (Å²) in [4.78, 5) is 21.1. The largest absolute Gasteiger partial charge is 0.334 e. The fourth-order valence-electron chi connectivity index (χ4n) is 2.50. The van der Waals surface area contributed by atoms with Gasteiger partial charge >= 0.3 is 0 Å². The van der Waals surface area contributed by atoms with Crippen LogP contribution in [0.1, 0.15) is 11.4 Å². The summed E-state index contributed by atoms with van der Waals surface area (Å²) in [7, 11) is 0. The Morgan fingerprint density at radius 2 is 1.88 bits per heavy atom. The molecule has 2 heterocycles. The summed E-state index contributed by atoms with van der Waals surface area (Å²) in [5, 5.41) is 4.53. The second-order valence-corrected chi connectivity index (χ2v) is 5.58. The third kappa shape index (κ3) is 2.58. The highest BCUT2D eigenvalue weighted by atomic mass is 16.5. The molecule has 0 saturated heterocycles. The average Bonchev–Trinajstić information content (AvgIpc) is 3.07. The molecule has 0 fully saturated rings. The van der Waals surface area contributed by atoms with Gasteiger partial charge in [0.15, 0.2) is 5.82 Å². The quantitative estimate of drug-likeness (QED) is 0.581. The van der Waals surface area contributed by atoms with Crippen molar-refractivity contribution in [2.75, 3.05) is 0 Å². The third-order valence-electron chi connectivity index (χ3n) is 3.81. The molecule has 0 N–H and O–H groups in total. The van der Waals surface area contributed by atoms with Crippen molar-refractivity contribution < 1.29 is 4.52 Å². The molecule has 0 atom stereocenters. The van der Waals surface area contributed by atoms with Gasteiger partial charge in [0.1, 0.15) is 0 Å². The van der Waals surface area contributed by atoms with Crippen molar-refractivity contribution in [2.45, 2.75) is 13.5 Å². The number of hydrogen-bond acceptors (Lipinski definition) is 5. The number of aryl methyl sites for hydroxylation is 1. The van der Waals surface area contributed by atoms with E-state index in [-0.39, 0.29) is 12.1 Å². The number of benzene rings is 2. The lowest BCUT2D eigenvalue weighted by molar-refractivity contribution is 0.420. The lowest BCUT2D eigenvalue weighted by Gasteiger charge is -2.03. The van der Waals surface area contributed by atoms with Gasteiger partial charge in [-0.3, -0.25) is 9.36 Å². The first-order valence-electron chi connectivity index (χ1n) is 7.54. The van der Waals surface area contributed by atoms with Gasteiger partial charge < -0.3 is 4.52 Å². The van der Waals surface area contributed by atoms with Crippen LogP contribution in [0.4, 0.5) is 0 Å². The molecule has 118 valence electrons. The molecule has 0 bridgehead atoms. The molecule has 0 radical (unpaired) electrons. The van der Waals surface area contributed by atoms with Crippen LogP contribution >= 0.6 is 0 Å². The number of para-hydroxylation sites is 1. The number of rotatable bonds is 3. The van der Waals surface area contributed by atoms with Crippen LogP contribution < -0.4 is 5.56 Å². The fraction of sp³-hybridized carbons (Fsp3) is 0.111. The summed E-state index contributed by atoms with van der Waals surface area (Å²) < 4.78 is 6.77. The van der Waals surface area contributed by atoms with Gasteiger partial charge in [0.05, 0.1) is 23.8 Å². The number of nitrogens with zero attached hydrogens (tertiary/aromatic N) is 4. The van der Waals surface area contributed by atoms with Crippen LogP contribution in [0.5, 0.6) is 0 Å². The van der Waals surface area contributed by atoms with E-state index in [1.807, 2.05) is 49.4 Å². The Labute approximate surface area is 137 Å². The van der Waals surface area contributed by atoms with E-state index in [1.165, 1.54) is 10.9 Å². The van der Waals surface area contributed by atoms with Crippen molar-refractivity contribution in [3.05, 3.63) is 76.6 Å². The molecular formula is C18H14N4O2. The van der Waals surface area contributed by atoms with Gasteiger partial charge in [0.2, 0.25) is 0 Å². The summed E-state index contributed by atoms with van der Waals surface area (Å²) in [5.74, 6) is 0.872. The smallest absolute Gasteiger partial charge is 0.261 e. The average molecular weight is 318 g/mol. The maximum Gasteiger partial charge on any atom is 0.261 e. The zero-order chi connectivity index (χ0) is 16.5. The number of fused-ring (bicyclic) bond motifs is 1. The Kier molecular flexibility index (Phi) is 3.42. The predicted octanol–water partition coefficient (Wildman–Crippen LogP) is 2.80. The monoisotopic (exact) mass is 318 g/mol. The van der Waals surface area contributed by atoms with Crippen molar-refractivity contribution >= 4 is 10.9 Å². The summed E-state index contributed by atoms with van der Waals surface area (Å²) in [5.41, 5.74) is 2.56. The predicted molar refractivity (Wildman–Crippen MR) is 89.6 cm³/mol. The molecule has 4 aromatic rings. The normalized spacial score (nSPS) is 11.0. The highest BCUT2D eigenvalue weighted by molar-refractivity contribution is 5.76. The first-order valence-corrected chi connectivity index (χ1v) is 7.54. The summed E-state index contributed by atoms with van der Waals surface area (Å²) in [6, 6.07) is 15.1. The summed E-state index contributed by atoms with van der Waals surface area (Å²) >= 11 is 0. The molecular weight excluding hydrogens is 304 g/mol. The Balaban J connectivity index is 1.66. The van der Waals surface area contributed by atoms with Crippen molar-refractivity contribution in [3.63, 3.8) is 0 Å². The maximum atomic E-state index is 12.5. The van der Waals surface area contributed by atoms with E-state index < -0.39 is 0 Å². The number of aromatic nitrogens is 4. The lowest BCUT2D eigenvalue weighted by Crippen LogP contribution is -2.21. The Hall–Kier alpha value is -3.28. The molecule has 4 rings (SSSR count). The van der Waals surface area contributed by atoms with Gasteiger partial charge in [-0.15, -0.1) is 0 Å². The minimum atomic E-state index is -0.123. The van der Waals surface area contributed by atoms with E-state index in [2.05, 4.69) is 15.1 Å². The zero-order valence-corrected chi connectivity index (χ0v) is 13.0. The van der Waals surface area contributed by atoms with Crippen LogP contribution in [-0.2, 0) is 6.54 Å². The lowest BCUT2D eigenvalue weighted by atomic mass is 10.1. The van der Waals surface area contributed by atoms with Crippen LogP contribution in [0.3, 0.4) is 0 Å². The maximum absolute atomic E-state index is 12.5. The van der Waals surface area contributed by atoms with Crippen molar-refractivity contribution in [3.8, 4) is 11.5 Å². The fourth-order valence-corrected chi connectivity index (χ4v) is 2.50. The molecule has 6 heteroatoms. The summed E-state index contributed by atoms with van der Waals surface area (Å²) in [6.45, 7) is 2.23. The molecule has 24 heavy (non-hydrogen) atoms. The Morgan fingerprint density at radius 1 is 1.08 bits per heavy atom. The van der Waals surface area contributed by atoms with Crippen LogP contribution in [-0.4, -0.2) is 19.7 Å². The van der Waals surface area contributed by atoms with E-state index in [4.69, 9.17) is 4.52 Å². The van der Waals surface area contributed by atoms with Gasteiger partial charge in [-0.1, -0.05) is 35.0 Å². The van der Waals surface area contributed by atoms with Gasteiger partial charge in [-0.25, -0.2) is 4.98 Å². The molecule has 0 unspecified atom stereocenters. The molecule has 6 nitrogen and oxygen atoms in total. The molecule has 0 aliphatic carbocycles. The van der Waals surface area contributed by atoms with E-state index in [0.29, 0.717) is 22.6 Å². The van der Waals surface area contributed by atoms with Gasteiger partial charge in [-0.05, 0) is 31.2 Å². The minimum absolute atomic E-state index is 0.123. The molecule has 0 saturated carbocycles. The van der Waals surface area contributed by atoms with Crippen LogP contribution in [0.2, 0.25) is 0 Å². The highest BCUT2D eigenvalue weighted by Crippen LogP contribution is 2.17. The molecule has 0 spiro atoms. The van der Waals surface area contributed by atoms with Crippen molar-refractivity contribution in [1.82, 2.24) is 19.7 Å². The third-order valence-corrected chi connectivity index (χ3v) is 3.81. The van der Waals surface area contributed by atoms with Gasteiger partial charge in [0, 0.05) is 5.56 Å². The van der Waals surface area contributed by atoms with E-state index >= 15 is 0 Å². The molecule has 2 aromatic carbocycles. The van der Waals surface area contributed by atoms with Gasteiger partial charge in [-0.2, -0.15) is 4.98 Å².